The van der Waals surface area contributed by atoms with Crippen LogP contribution in [0.4, 0.5) is 5.69 Å². The van der Waals surface area contributed by atoms with E-state index in [9.17, 15) is 4.79 Å². The molecule has 0 aliphatic rings. The third kappa shape index (κ3) is 4.44. The van der Waals surface area contributed by atoms with Crippen molar-refractivity contribution in [3.05, 3.63) is 53.4 Å². The Morgan fingerprint density at radius 3 is 2.88 bits per heavy atom. The van der Waals surface area contributed by atoms with Crippen LogP contribution in [0.1, 0.15) is 5.69 Å². The zero-order valence-electron chi connectivity index (χ0n) is 14.4. The van der Waals surface area contributed by atoms with Crippen LogP contribution in [0.2, 0.25) is 5.02 Å². The van der Waals surface area contributed by atoms with Gasteiger partial charge in [-0.25, -0.2) is 0 Å². The van der Waals surface area contributed by atoms with E-state index >= 15 is 0 Å². The number of amides is 1. The summed E-state index contributed by atoms with van der Waals surface area (Å²) in [6.07, 6.45) is 1.57. The van der Waals surface area contributed by atoms with E-state index < -0.39 is 0 Å². The maximum atomic E-state index is 12.3. The Bertz CT molecular complexity index is 876. The molecule has 0 fully saturated rings. The first-order valence-electron chi connectivity index (χ1n) is 7.99. The molecule has 1 atom stereocenters. The molecule has 136 valence electrons. The second kappa shape index (κ2) is 8.07. The summed E-state index contributed by atoms with van der Waals surface area (Å²) in [5, 5.41) is 7.36. The molecule has 3 aromatic rings. The zero-order chi connectivity index (χ0) is 18.5. The smallest absolute Gasteiger partial charge is 0.279 e. The third-order valence-electron chi connectivity index (χ3n) is 3.70. The Morgan fingerprint density at radius 2 is 2.15 bits per heavy atom. The molecular formula is C18H19ClN3O4+. The van der Waals surface area contributed by atoms with Gasteiger partial charge in [0.15, 0.2) is 12.3 Å². The number of quaternary nitrogens is 1. The van der Waals surface area contributed by atoms with E-state index in [0.29, 0.717) is 34.5 Å². The largest absolute Gasteiger partial charge is 0.495 e. The van der Waals surface area contributed by atoms with Crippen molar-refractivity contribution < 1.29 is 23.4 Å². The van der Waals surface area contributed by atoms with Gasteiger partial charge < -0.3 is 23.9 Å². The van der Waals surface area contributed by atoms with E-state index in [1.54, 1.807) is 42.7 Å². The molecule has 0 aliphatic carbocycles. The van der Waals surface area contributed by atoms with Crippen molar-refractivity contribution in [2.45, 2.75) is 6.54 Å². The molecular weight excluding hydrogens is 358 g/mol. The SMILES string of the molecule is COc1ccc(Cl)cc1NC(=O)C[NH+](C)Cc1cc(-c2ccco2)on1. The molecule has 0 radical (unpaired) electrons. The first-order chi connectivity index (χ1) is 12.5. The summed E-state index contributed by atoms with van der Waals surface area (Å²) in [6.45, 7) is 0.781. The monoisotopic (exact) mass is 376 g/mol. The predicted molar refractivity (Wildman–Crippen MR) is 96.3 cm³/mol. The number of hydrogen-bond donors (Lipinski definition) is 2. The second-order valence-electron chi connectivity index (χ2n) is 5.86. The van der Waals surface area contributed by atoms with Crippen molar-refractivity contribution in [1.29, 1.82) is 0 Å². The lowest BCUT2D eigenvalue weighted by Gasteiger charge is -2.14. The van der Waals surface area contributed by atoms with Crippen LogP contribution in [0.3, 0.4) is 0 Å². The number of hydrogen-bond acceptors (Lipinski definition) is 5. The van der Waals surface area contributed by atoms with E-state index in [-0.39, 0.29) is 12.5 Å². The number of aromatic nitrogens is 1. The lowest BCUT2D eigenvalue weighted by atomic mass is 10.3. The molecule has 2 N–H and O–H groups in total. The Labute approximate surface area is 155 Å². The summed E-state index contributed by atoms with van der Waals surface area (Å²) in [4.78, 5) is 13.2. The van der Waals surface area contributed by atoms with E-state index in [2.05, 4.69) is 10.5 Å². The molecule has 1 unspecified atom stereocenters. The van der Waals surface area contributed by atoms with Crippen LogP contribution in [0, 0.1) is 0 Å². The van der Waals surface area contributed by atoms with Crippen molar-refractivity contribution in [3.63, 3.8) is 0 Å². The second-order valence-corrected chi connectivity index (χ2v) is 6.30. The maximum absolute atomic E-state index is 12.3. The van der Waals surface area contributed by atoms with E-state index in [0.717, 1.165) is 10.6 Å². The molecule has 0 saturated heterocycles. The molecule has 0 aliphatic heterocycles. The Kier molecular flexibility index (Phi) is 5.60. The number of likely N-dealkylation sites (N-methyl/N-ethyl adjacent to an activating group) is 1. The van der Waals surface area contributed by atoms with Gasteiger partial charge >= 0.3 is 0 Å². The van der Waals surface area contributed by atoms with Crippen LogP contribution in [0.15, 0.2) is 51.6 Å². The van der Waals surface area contributed by atoms with Crippen molar-refractivity contribution in [3.8, 4) is 17.3 Å². The molecule has 8 heteroatoms. The average molecular weight is 377 g/mol. The van der Waals surface area contributed by atoms with Crippen LogP contribution >= 0.6 is 11.6 Å². The molecule has 0 spiro atoms. The highest BCUT2D eigenvalue weighted by Gasteiger charge is 2.16. The van der Waals surface area contributed by atoms with Gasteiger partial charge in [0, 0.05) is 11.1 Å². The summed E-state index contributed by atoms with van der Waals surface area (Å²) in [5.41, 5.74) is 1.28. The van der Waals surface area contributed by atoms with Crippen molar-refractivity contribution in [1.82, 2.24) is 5.16 Å². The molecule has 0 saturated carbocycles. The van der Waals surface area contributed by atoms with E-state index in [4.69, 9.17) is 25.3 Å². The summed E-state index contributed by atoms with van der Waals surface area (Å²) < 4.78 is 15.8. The van der Waals surface area contributed by atoms with Crippen LogP contribution in [-0.2, 0) is 11.3 Å². The molecule has 1 aromatic carbocycles. The zero-order valence-corrected chi connectivity index (χ0v) is 15.2. The van der Waals surface area contributed by atoms with Crippen LogP contribution < -0.4 is 15.0 Å². The van der Waals surface area contributed by atoms with Crippen LogP contribution in [-0.4, -0.2) is 31.8 Å². The molecule has 1 amide bonds. The maximum Gasteiger partial charge on any atom is 0.279 e. The van der Waals surface area contributed by atoms with E-state index in [1.807, 2.05) is 7.05 Å². The lowest BCUT2D eigenvalue weighted by molar-refractivity contribution is -0.885. The predicted octanol–water partition coefficient (Wildman–Crippen LogP) is 2.25. The van der Waals surface area contributed by atoms with Crippen molar-refractivity contribution in [2.75, 3.05) is 26.0 Å². The summed E-state index contributed by atoms with van der Waals surface area (Å²) >= 11 is 5.98. The summed E-state index contributed by atoms with van der Waals surface area (Å²) in [7, 11) is 3.44. The number of anilines is 1. The van der Waals surface area contributed by atoms with Gasteiger partial charge in [-0.2, -0.15) is 0 Å². The number of halogens is 1. The van der Waals surface area contributed by atoms with Gasteiger partial charge in [0.05, 0.1) is 26.1 Å². The summed E-state index contributed by atoms with van der Waals surface area (Å²) in [5.74, 6) is 1.58. The molecule has 0 bridgehead atoms. The topological polar surface area (TPSA) is 81.9 Å². The number of rotatable bonds is 7. The highest BCUT2D eigenvalue weighted by atomic mass is 35.5. The molecule has 26 heavy (non-hydrogen) atoms. The Morgan fingerprint density at radius 1 is 1.31 bits per heavy atom. The quantitative estimate of drug-likeness (QED) is 0.661. The minimum atomic E-state index is -0.155. The third-order valence-corrected chi connectivity index (χ3v) is 3.94. The van der Waals surface area contributed by atoms with Gasteiger partial charge in [-0.3, -0.25) is 4.79 Å². The van der Waals surface area contributed by atoms with Crippen LogP contribution in [0.25, 0.3) is 11.5 Å². The first-order valence-corrected chi connectivity index (χ1v) is 8.37. The number of methoxy groups -OCH3 is 1. The molecule has 2 aromatic heterocycles. The highest BCUT2D eigenvalue weighted by molar-refractivity contribution is 6.31. The highest BCUT2D eigenvalue weighted by Crippen LogP contribution is 2.27. The minimum Gasteiger partial charge on any atom is -0.495 e. The number of ether oxygens (including phenoxy) is 1. The number of nitrogens with one attached hydrogen (secondary N) is 2. The fraction of sp³-hybridized carbons (Fsp3) is 0.222. The standard InChI is InChI=1S/C18H18ClN3O4/c1-22(10-13-9-17(26-21-13)16-4-3-7-25-16)11-18(23)20-14-8-12(19)5-6-15(14)24-2/h3-9H,10-11H2,1-2H3,(H,20,23)/p+1. The van der Waals surface area contributed by atoms with Gasteiger partial charge in [0.1, 0.15) is 18.0 Å². The number of nitrogens with zero attached hydrogens (tertiary/aromatic N) is 1. The minimum absolute atomic E-state index is 0.155. The number of benzene rings is 1. The molecule has 3 rings (SSSR count). The normalized spacial score (nSPS) is 12.0. The molecule has 2 heterocycles. The van der Waals surface area contributed by atoms with Gasteiger partial charge in [-0.15, -0.1) is 0 Å². The number of carbonyl (C=O) groups excluding carboxylic acids is 1. The van der Waals surface area contributed by atoms with Gasteiger partial charge in [-0.05, 0) is 30.3 Å². The van der Waals surface area contributed by atoms with E-state index in [1.165, 1.54) is 7.11 Å². The molecule has 7 nitrogen and oxygen atoms in total. The lowest BCUT2D eigenvalue weighted by Crippen LogP contribution is -3.08. The Balaban J connectivity index is 1.57. The average Bonchev–Trinajstić information content (AvgIpc) is 3.26. The van der Waals surface area contributed by atoms with Gasteiger partial charge in [0.25, 0.3) is 5.91 Å². The van der Waals surface area contributed by atoms with Crippen LogP contribution in [0.5, 0.6) is 5.75 Å². The first kappa shape index (κ1) is 18.0. The fourth-order valence-corrected chi connectivity index (χ4v) is 2.72. The Hall–Kier alpha value is -2.77. The van der Waals surface area contributed by atoms with Crippen molar-refractivity contribution in [2.24, 2.45) is 0 Å². The van der Waals surface area contributed by atoms with Crippen molar-refractivity contribution >= 4 is 23.2 Å². The fourth-order valence-electron chi connectivity index (χ4n) is 2.55. The number of carbonyl (C=O) groups is 1. The van der Waals surface area contributed by atoms with Gasteiger partial charge in [0.2, 0.25) is 5.76 Å². The van der Waals surface area contributed by atoms with Gasteiger partial charge in [-0.1, -0.05) is 16.8 Å². The number of furan rings is 1. The summed E-state index contributed by atoms with van der Waals surface area (Å²) in [6, 6.07) is 10.5.